The first kappa shape index (κ1) is 44.0. The zero-order valence-electron chi connectivity index (χ0n) is 35.9. The summed E-state index contributed by atoms with van der Waals surface area (Å²) in [5.41, 5.74) is 16.6. The number of allylic oxidation sites excluding steroid dienone is 19. The highest BCUT2D eigenvalue weighted by Gasteiger charge is 2.26. The number of benzene rings is 4. The molecule has 0 nitrogen and oxygen atoms in total. The van der Waals surface area contributed by atoms with E-state index in [2.05, 4.69) is 213 Å². The monoisotopic (exact) mass is 848 g/mol. The molecule has 61 heavy (non-hydrogen) atoms. The van der Waals surface area contributed by atoms with E-state index in [0.29, 0.717) is 11.2 Å². The van der Waals surface area contributed by atoms with Crippen LogP contribution < -0.4 is 0 Å². The SMILES string of the molecule is C=C(/C=C(\C=C/CC)C(/C=C(\P)c1cc(C)cc(-c2cccc3c2SC/C=C\C=C/C3=C)c1)=C/Cc1ccccc1)C1=CC(C2C/C=C\C(=C)c3ccccc3S2)CC(C)=C1. The van der Waals surface area contributed by atoms with E-state index in [-0.39, 0.29) is 0 Å². The van der Waals surface area contributed by atoms with E-state index in [4.69, 9.17) is 6.58 Å². The van der Waals surface area contributed by atoms with Gasteiger partial charge >= 0.3 is 0 Å². The first-order valence-electron chi connectivity index (χ1n) is 21.4. The molecular weight excluding hydrogens is 792 g/mol. The third kappa shape index (κ3) is 11.4. The van der Waals surface area contributed by atoms with Crippen molar-refractivity contribution < 1.29 is 0 Å². The lowest BCUT2D eigenvalue weighted by atomic mass is 9.84. The maximum absolute atomic E-state index is 4.75. The van der Waals surface area contributed by atoms with Crippen molar-refractivity contribution in [2.45, 2.75) is 61.5 Å². The van der Waals surface area contributed by atoms with E-state index < -0.39 is 0 Å². The molecule has 4 aromatic carbocycles. The summed E-state index contributed by atoms with van der Waals surface area (Å²) < 4.78 is 0. The number of rotatable bonds is 11. The molecule has 2 aliphatic heterocycles. The van der Waals surface area contributed by atoms with Crippen molar-refractivity contribution >= 4 is 49.2 Å². The molecule has 4 aromatic rings. The molecule has 0 spiro atoms. The van der Waals surface area contributed by atoms with Crippen LogP contribution in [0.15, 0.2) is 227 Å². The minimum atomic E-state index is 0.383. The van der Waals surface area contributed by atoms with Crippen LogP contribution in [0.2, 0.25) is 0 Å². The summed E-state index contributed by atoms with van der Waals surface area (Å²) in [6, 6.07) is 33.0. The van der Waals surface area contributed by atoms with Crippen molar-refractivity contribution in [2.24, 2.45) is 5.92 Å². The average molecular weight is 849 g/mol. The van der Waals surface area contributed by atoms with Crippen LogP contribution in [0.3, 0.4) is 0 Å². The Hall–Kier alpha value is -5.11. The van der Waals surface area contributed by atoms with Gasteiger partial charge in [-0.3, -0.25) is 0 Å². The molecule has 3 heteroatoms. The number of aryl methyl sites for hydroxylation is 1. The summed E-state index contributed by atoms with van der Waals surface area (Å²) in [5, 5.41) is 1.55. The molecule has 3 atom stereocenters. The minimum Gasteiger partial charge on any atom is -0.121 e. The lowest BCUT2D eigenvalue weighted by molar-refractivity contribution is 0.598. The Morgan fingerprint density at radius 3 is 2.43 bits per heavy atom. The zero-order valence-corrected chi connectivity index (χ0v) is 38.7. The van der Waals surface area contributed by atoms with E-state index >= 15 is 0 Å². The van der Waals surface area contributed by atoms with Gasteiger partial charge in [-0.1, -0.05) is 178 Å². The Morgan fingerprint density at radius 2 is 1.59 bits per heavy atom. The Kier molecular flexibility index (Phi) is 15.2. The first-order chi connectivity index (χ1) is 29.7. The molecule has 0 amide bonds. The van der Waals surface area contributed by atoms with E-state index in [1.165, 1.54) is 65.5 Å². The third-order valence-corrected chi connectivity index (χ3v) is 14.3. The average Bonchev–Trinajstić information content (AvgIpc) is 3.35. The van der Waals surface area contributed by atoms with Crippen LogP contribution in [0, 0.1) is 12.8 Å². The van der Waals surface area contributed by atoms with Gasteiger partial charge in [-0.2, -0.15) is 0 Å². The predicted molar refractivity (Wildman–Crippen MR) is 276 cm³/mol. The molecule has 3 unspecified atom stereocenters. The van der Waals surface area contributed by atoms with Gasteiger partial charge in [-0.15, -0.1) is 32.8 Å². The number of thioether (sulfide) groups is 2. The van der Waals surface area contributed by atoms with Crippen molar-refractivity contribution in [3.8, 4) is 11.1 Å². The molecule has 0 N–H and O–H groups in total. The fourth-order valence-corrected chi connectivity index (χ4v) is 10.9. The van der Waals surface area contributed by atoms with E-state index in [1.807, 2.05) is 23.5 Å². The maximum Gasteiger partial charge on any atom is 0.0232 e. The van der Waals surface area contributed by atoms with Crippen molar-refractivity contribution in [3.05, 3.63) is 245 Å². The second-order valence-corrected chi connectivity index (χ2v) is 19.0. The fourth-order valence-electron chi connectivity index (χ4n) is 8.12. The molecule has 7 rings (SSSR count). The highest BCUT2D eigenvalue weighted by atomic mass is 32.2. The van der Waals surface area contributed by atoms with E-state index in [1.54, 1.807) is 0 Å². The minimum absolute atomic E-state index is 0.383. The van der Waals surface area contributed by atoms with E-state index in [9.17, 15) is 0 Å². The van der Waals surface area contributed by atoms with Gasteiger partial charge in [0.2, 0.25) is 0 Å². The van der Waals surface area contributed by atoms with Gasteiger partial charge in [0.1, 0.15) is 0 Å². The summed E-state index contributed by atoms with van der Waals surface area (Å²) >= 11 is 3.87. The fraction of sp³-hybridized carbons (Fsp3) is 0.172. The normalized spacial score (nSPS) is 20.2. The molecular formula is C58H57PS2. The van der Waals surface area contributed by atoms with E-state index in [0.717, 1.165) is 59.0 Å². The van der Waals surface area contributed by atoms with Gasteiger partial charge in [0.15, 0.2) is 0 Å². The van der Waals surface area contributed by atoms with Crippen LogP contribution in [0.25, 0.3) is 27.6 Å². The topological polar surface area (TPSA) is 0 Å². The summed E-state index contributed by atoms with van der Waals surface area (Å²) in [7, 11) is 3.08. The van der Waals surface area contributed by atoms with Crippen LogP contribution in [-0.4, -0.2) is 11.0 Å². The maximum atomic E-state index is 4.75. The van der Waals surface area contributed by atoms with Crippen molar-refractivity contribution in [1.82, 2.24) is 0 Å². The van der Waals surface area contributed by atoms with Gasteiger partial charge in [-0.25, -0.2) is 0 Å². The number of fused-ring (bicyclic) bond motifs is 2. The molecule has 306 valence electrons. The molecule has 0 bridgehead atoms. The van der Waals surface area contributed by atoms with Crippen LogP contribution >= 0.6 is 32.8 Å². The second kappa shape index (κ2) is 21.1. The van der Waals surface area contributed by atoms with Gasteiger partial charge in [0.25, 0.3) is 0 Å². The highest BCUT2D eigenvalue weighted by Crippen LogP contribution is 2.43. The van der Waals surface area contributed by atoms with Crippen LogP contribution in [0.5, 0.6) is 0 Å². The number of hydrogen-bond acceptors (Lipinski definition) is 2. The molecule has 0 saturated heterocycles. The summed E-state index contributed by atoms with van der Waals surface area (Å²) in [4.78, 5) is 2.59. The molecule has 0 aromatic heterocycles. The Labute approximate surface area is 376 Å². The van der Waals surface area contributed by atoms with Gasteiger partial charge < -0.3 is 0 Å². The Bertz CT molecular complexity index is 2600. The van der Waals surface area contributed by atoms with Crippen molar-refractivity contribution in [1.29, 1.82) is 0 Å². The van der Waals surface area contributed by atoms with Crippen molar-refractivity contribution in [3.63, 3.8) is 0 Å². The highest BCUT2D eigenvalue weighted by molar-refractivity contribution is 8.00. The molecule has 3 aliphatic rings. The van der Waals surface area contributed by atoms with Gasteiger partial charge in [0, 0.05) is 20.8 Å². The summed E-state index contributed by atoms with van der Waals surface area (Å²) in [6.07, 6.45) is 33.3. The Morgan fingerprint density at radius 1 is 0.820 bits per heavy atom. The smallest absolute Gasteiger partial charge is 0.0232 e. The zero-order chi connectivity index (χ0) is 42.7. The Balaban J connectivity index is 1.26. The standard InChI is InChI=1S/C58H57PS2/c1-7-8-23-46(36-44(6)48-32-40(2)35-51(37-48)56-28-17-20-42(4)52-24-14-15-27-57(52)61-56)47(30-29-45-21-12-9-13-22-45)39-55(59)50-34-41(3)33-49(38-50)54-26-18-25-53-43(5)19-11-10-16-31-60-58(53)54/h8-27,30,32-34,36-39,51,56H,4-7,28-29,31,35,59H2,1-3H3/b16-10-,19-11-,20-17-,23-8-,46-36+,47-30+,55-39-. The van der Waals surface area contributed by atoms with Crippen LogP contribution in [0.1, 0.15) is 60.9 Å². The largest absolute Gasteiger partial charge is 0.121 e. The van der Waals surface area contributed by atoms with Crippen molar-refractivity contribution in [2.75, 3.05) is 5.75 Å². The van der Waals surface area contributed by atoms with Gasteiger partial charge in [0.05, 0.1) is 0 Å². The number of hydrogen-bond donors (Lipinski definition) is 0. The third-order valence-electron chi connectivity index (χ3n) is 11.3. The second-order valence-electron chi connectivity index (χ2n) is 16.1. The lowest BCUT2D eigenvalue weighted by Gasteiger charge is -2.29. The molecule has 0 saturated carbocycles. The van der Waals surface area contributed by atoms with Gasteiger partial charge in [-0.05, 0) is 147 Å². The summed E-state index contributed by atoms with van der Waals surface area (Å²) in [5.74, 6) is 1.29. The lowest BCUT2D eigenvalue weighted by Crippen LogP contribution is -2.19. The quantitative estimate of drug-likeness (QED) is 0.109. The molecule has 0 radical (unpaired) electrons. The summed E-state index contributed by atoms with van der Waals surface area (Å²) in [6.45, 7) is 20.2. The van der Waals surface area contributed by atoms with Crippen LogP contribution in [-0.2, 0) is 6.42 Å². The van der Waals surface area contributed by atoms with Crippen LogP contribution in [0.4, 0.5) is 0 Å². The molecule has 1 aliphatic carbocycles. The molecule has 0 fully saturated rings. The predicted octanol–water partition coefficient (Wildman–Crippen LogP) is 16.8. The first-order valence-corrected chi connectivity index (χ1v) is 23.8. The molecule has 2 heterocycles.